The van der Waals surface area contributed by atoms with Crippen LogP contribution in [0, 0.1) is 0 Å². The molecule has 1 saturated heterocycles. The summed E-state index contributed by atoms with van der Waals surface area (Å²) in [5, 5.41) is 0.889. The van der Waals surface area contributed by atoms with Gasteiger partial charge in [0.2, 0.25) is 10.0 Å². The zero-order chi connectivity index (χ0) is 19.7. The van der Waals surface area contributed by atoms with Crippen molar-refractivity contribution in [3.05, 3.63) is 48.2 Å². The van der Waals surface area contributed by atoms with E-state index >= 15 is 0 Å². The number of hydrogen-bond donors (Lipinski definition) is 1. The zero-order valence-corrected chi connectivity index (χ0v) is 16.4. The van der Waals surface area contributed by atoms with Crippen molar-refractivity contribution in [1.82, 2.24) is 4.31 Å². The predicted molar refractivity (Wildman–Crippen MR) is 106 cm³/mol. The molecule has 0 amide bonds. The van der Waals surface area contributed by atoms with Crippen LogP contribution < -0.4 is 10.5 Å². The number of ether oxygens (including phenoxy) is 2. The molecule has 1 aliphatic heterocycles. The van der Waals surface area contributed by atoms with Gasteiger partial charge in [-0.25, -0.2) is 8.42 Å². The topological polar surface area (TPSA) is 95.0 Å². The van der Waals surface area contributed by atoms with Crippen LogP contribution in [-0.4, -0.2) is 46.1 Å². The van der Waals surface area contributed by atoms with Crippen LogP contribution in [0.3, 0.4) is 0 Å². The molecule has 0 atom stereocenters. The first-order valence-electron chi connectivity index (χ1n) is 9.02. The SMILES string of the molecule is COc1cc(-c2ccc(S(=O)(=O)N3CCOCC3)cc2)cc2cc(CN)oc12. The highest BCUT2D eigenvalue weighted by atomic mass is 32.2. The first kappa shape index (κ1) is 18.9. The van der Waals surface area contributed by atoms with Crippen LogP contribution in [0.4, 0.5) is 0 Å². The molecule has 148 valence electrons. The smallest absolute Gasteiger partial charge is 0.243 e. The number of methoxy groups -OCH3 is 1. The van der Waals surface area contributed by atoms with Gasteiger partial charge in [-0.05, 0) is 41.5 Å². The van der Waals surface area contributed by atoms with Gasteiger partial charge in [0.1, 0.15) is 5.76 Å². The van der Waals surface area contributed by atoms with Gasteiger partial charge in [-0.2, -0.15) is 4.31 Å². The van der Waals surface area contributed by atoms with Crippen molar-refractivity contribution in [2.45, 2.75) is 11.4 Å². The molecule has 2 N–H and O–H groups in total. The summed E-state index contributed by atoms with van der Waals surface area (Å²) in [4.78, 5) is 0.278. The molecule has 0 spiro atoms. The number of nitrogens with zero attached hydrogens (tertiary/aromatic N) is 1. The first-order valence-corrected chi connectivity index (χ1v) is 10.5. The van der Waals surface area contributed by atoms with Crippen LogP contribution in [0.1, 0.15) is 5.76 Å². The Kier molecular flexibility index (Phi) is 5.11. The van der Waals surface area contributed by atoms with Gasteiger partial charge in [0.05, 0.1) is 31.8 Å². The molecule has 0 saturated carbocycles. The van der Waals surface area contributed by atoms with E-state index in [9.17, 15) is 8.42 Å². The monoisotopic (exact) mass is 402 g/mol. The van der Waals surface area contributed by atoms with Gasteiger partial charge in [0, 0.05) is 18.5 Å². The zero-order valence-electron chi connectivity index (χ0n) is 15.6. The molecule has 0 unspecified atom stereocenters. The second kappa shape index (κ2) is 7.56. The summed E-state index contributed by atoms with van der Waals surface area (Å²) < 4.78 is 43.4. The summed E-state index contributed by atoms with van der Waals surface area (Å²) in [5.41, 5.74) is 8.11. The maximum absolute atomic E-state index is 12.8. The molecule has 1 fully saturated rings. The maximum atomic E-state index is 12.8. The molecule has 7 nitrogen and oxygen atoms in total. The Hall–Kier alpha value is -2.39. The third-order valence-electron chi connectivity index (χ3n) is 4.85. The Bertz CT molecular complexity index is 1080. The lowest BCUT2D eigenvalue weighted by atomic mass is 10.0. The Balaban J connectivity index is 1.68. The summed E-state index contributed by atoms with van der Waals surface area (Å²) in [5.74, 6) is 1.29. The van der Waals surface area contributed by atoms with E-state index in [1.54, 1.807) is 31.4 Å². The van der Waals surface area contributed by atoms with Crippen molar-refractivity contribution >= 4 is 21.0 Å². The third-order valence-corrected chi connectivity index (χ3v) is 6.76. The van der Waals surface area contributed by atoms with Crippen LogP contribution in [-0.2, 0) is 21.3 Å². The molecular weight excluding hydrogens is 380 g/mol. The van der Waals surface area contributed by atoms with Crippen molar-refractivity contribution < 1.29 is 22.3 Å². The molecule has 2 aromatic carbocycles. The fourth-order valence-corrected chi connectivity index (χ4v) is 4.76. The summed E-state index contributed by atoms with van der Waals surface area (Å²) in [6.07, 6.45) is 0. The fraction of sp³-hybridized carbons (Fsp3) is 0.300. The normalized spacial score (nSPS) is 15.8. The Morgan fingerprint density at radius 3 is 2.43 bits per heavy atom. The van der Waals surface area contributed by atoms with Crippen molar-refractivity contribution in [3.8, 4) is 16.9 Å². The summed E-state index contributed by atoms with van der Waals surface area (Å²) in [6, 6.07) is 12.6. The van der Waals surface area contributed by atoms with Crippen molar-refractivity contribution in [1.29, 1.82) is 0 Å². The van der Waals surface area contributed by atoms with Crippen LogP contribution in [0.2, 0.25) is 0 Å². The number of rotatable bonds is 5. The van der Waals surface area contributed by atoms with Gasteiger partial charge in [-0.3, -0.25) is 0 Å². The number of nitrogens with two attached hydrogens (primary N) is 1. The molecule has 4 rings (SSSR count). The van der Waals surface area contributed by atoms with E-state index in [1.807, 2.05) is 18.2 Å². The van der Waals surface area contributed by atoms with E-state index in [-0.39, 0.29) is 4.90 Å². The summed E-state index contributed by atoms with van der Waals surface area (Å²) in [6.45, 7) is 1.91. The van der Waals surface area contributed by atoms with E-state index in [4.69, 9.17) is 19.6 Å². The maximum Gasteiger partial charge on any atom is 0.243 e. The number of benzene rings is 2. The minimum atomic E-state index is -3.51. The summed E-state index contributed by atoms with van der Waals surface area (Å²) >= 11 is 0. The molecule has 0 radical (unpaired) electrons. The largest absolute Gasteiger partial charge is 0.493 e. The highest BCUT2D eigenvalue weighted by Crippen LogP contribution is 2.35. The molecule has 2 heterocycles. The van der Waals surface area contributed by atoms with Gasteiger partial charge in [0.15, 0.2) is 11.3 Å². The standard InChI is InChI=1S/C20H22N2O5S/c1-25-19-12-15(10-16-11-17(13-21)27-20(16)19)14-2-4-18(5-3-14)28(23,24)22-6-8-26-9-7-22/h2-5,10-12H,6-9,13,21H2,1H3. The minimum absolute atomic E-state index is 0.278. The van der Waals surface area contributed by atoms with Gasteiger partial charge in [-0.15, -0.1) is 0 Å². The Morgan fingerprint density at radius 2 is 1.79 bits per heavy atom. The highest BCUT2D eigenvalue weighted by Gasteiger charge is 2.26. The Morgan fingerprint density at radius 1 is 1.07 bits per heavy atom. The number of hydrogen-bond acceptors (Lipinski definition) is 6. The highest BCUT2D eigenvalue weighted by molar-refractivity contribution is 7.89. The fourth-order valence-electron chi connectivity index (χ4n) is 3.35. The number of furan rings is 1. The number of fused-ring (bicyclic) bond motifs is 1. The van der Waals surface area contributed by atoms with E-state index in [1.165, 1.54) is 4.31 Å². The third kappa shape index (κ3) is 3.40. The van der Waals surface area contributed by atoms with E-state index in [2.05, 4.69) is 0 Å². The van der Waals surface area contributed by atoms with Crippen LogP contribution in [0.25, 0.3) is 22.1 Å². The van der Waals surface area contributed by atoms with Gasteiger partial charge in [0.25, 0.3) is 0 Å². The average molecular weight is 402 g/mol. The minimum Gasteiger partial charge on any atom is -0.493 e. The molecule has 28 heavy (non-hydrogen) atoms. The second-order valence-electron chi connectivity index (χ2n) is 6.55. The molecule has 1 aliphatic rings. The summed E-state index contributed by atoms with van der Waals surface area (Å²) in [7, 11) is -1.92. The van der Waals surface area contributed by atoms with E-state index < -0.39 is 10.0 Å². The lowest BCUT2D eigenvalue weighted by Gasteiger charge is -2.26. The van der Waals surface area contributed by atoms with Crippen LogP contribution >= 0.6 is 0 Å². The number of sulfonamides is 1. The molecule has 1 aromatic heterocycles. The van der Waals surface area contributed by atoms with Crippen molar-refractivity contribution in [3.63, 3.8) is 0 Å². The van der Waals surface area contributed by atoms with Crippen LogP contribution in [0.5, 0.6) is 5.75 Å². The van der Waals surface area contributed by atoms with Crippen LogP contribution in [0.15, 0.2) is 51.8 Å². The van der Waals surface area contributed by atoms with Gasteiger partial charge in [-0.1, -0.05) is 12.1 Å². The molecule has 0 aliphatic carbocycles. The molecule has 0 bridgehead atoms. The predicted octanol–water partition coefficient (Wildman–Crippen LogP) is 2.59. The molecular formula is C20H22N2O5S. The van der Waals surface area contributed by atoms with E-state index in [0.29, 0.717) is 49.9 Å². The number of morpholine rings is 1. The average Bonchev–Trinajstić information content (AvgIpc) is 3.17. The van der Waals surface area contributed by atoms with Gasteiger partial charge < -0.3 is 19.6 Å². The first-order chi connectivity index (χ1) is 13.5. The lowest BCUT2D eigenvalue weighted by Crippen LogP contribution is -2.40. The van der Waals surface area contributed by atoms with E-state index in [0.717, 1.165) is 16.5 Å². The Labute approximate surface area is 163 Å². The lowest BCUT2D eigenvalue weighted by molar-refractivity contribution is 0.0730. The quantitative estimate of drug-likeness (QED) is 0.705. The van der Waals surface area contributed by atoms with Crippen molar-refractivity contribution in [2.75, 3.05) is 33.4 Å². The molecule has 8 heteroatoms. The second-order valence-corrected chi connectivity index (χ2v) is 8.49. The van der Waals surface area contributed by atoms with Crippen molar-refractivity contribution in [2.24, 2.45) is 5.73 Å². The molecule has 3 aromatic rings. The van der Waals surface area contributed by atoms with Gasteiger partial charge >= 0.3 is 0 Å².